The largest absolute Gasteiger partial charge is 0.388 e. The fourth-order valence-electron chi connectivity index (χ4n) is 4.14. The second-order valence-corrected chi connectivity index (χ2v) is 8.42. The van der Waals surface area contributed by atoms with Gasteiger partial charge in [0.15, 0.2) is 0 Å². The van der Waals surface area contributed by atoms with Crippen LogP contribution in [0.25, 0.3) is 0 Å². The lowest BCUT2D eigenvalue weighted by Crippen LogP contribution is -2.38. The highest BCUT2D eigenvalue weighted by atomic mass is 16.2. The van der Waals surface area contributed by atoms with Gasteiger partial charge in [0, 0.05) is 31.4 Å². The first-order valence-corrected chi connectivity index (χ1v) is 13.0. The lowest BCUT2D eigenvalue weighted by molar-refractivity contribution is -0.0980. The summed E-state index contributed by atoms with van der Waals surface area (Å²) in [5, 5.41) is 12.0. The maximum Gasteiger partial charge on any atom is 0.254 e. The second-order valence-electron chi connectivity index (χ2n) is 8.42. The molecule has 196 valence electrons. The molecule has 1 N–H and O–H groups in total. The van der Waals surface area contributed by atoms with Crippen LogP contribution >= 0.6 is 0 Å². The van der Waals surface area contributed by atoms with Gasteiger partial charge in [0.25, 0.3) is 5.91 Å². The molecule has 5 heteroatoms. The summed E-state index contributed by atoms with van der Waals surface area (Å²) in [6, 6.07) is 26.4. The Balaban J connectivity index is 0.000000478. The van der Waals surface area contributed by atoms with Crippen LogP contribution in [0.1, 0.15) is 72.1 Å². The zero-order chi connectivity index (χ0) is 27.6. The summed E-state index contributed by atoms with van der Waals surface area (Å²) in [5.41, 5.74) is 6.12. The van der Waals surface area contributed by atoms with Crippen molar-refractivity contribution in [1.29, 1.82) is 5.26 Å². The van der Waals surface area contributed by atoms with Crippen LogP contribution in [0.2, 0.25) is 0 Å². The van der Waals surface area contributed by atoms with E-state index in [0.29, 0.717) is 11.5 Å². The highest BCUT2D eigenvalue weighted by molar-refractivity contribution is 5.96. The summed E-state index contributed by atoms with van der Waals surface area (Å²) in [6.07, 6.45) is 3.06. The van der Waals surface area contributed by atoms with Gasteiger partial charge in [0.05, 0.1) is 11.6 Å². The molecule has 0 atom stereocenters. The molecule has 0 saturated carbocycles. The number of likely N-dealkylation sites (tertiary alicyclic amines) is 1. The van der Waals surface area contributed by atoms with Gasteiger partial charge in [-0.15, -0.1) is 0 Å². The fourth-order valence-corrected chi connectivity index (χ4v) is 4.14. The van der Waals surface area contributed by atoms with E-state index in [4.69, 9.17) is 10.1 Å². The van der Waals surface area contributed by atoms with Crippen LogP contribution in [-0.2, 0) is 11.2 Å². The molecule has 0 radical (unpaired) electrons. The zero-order valence-corrected chi connectivity index (χ0v) is 23.0. The number of rotatable bonds is 4. The Morgan fingerprint density at radius 1 is 1.00 bits per heavy atom. The number of aryl methyl sites for hydroxylation is 2. The van der Waals surface area contributed by atoms with E-state index in [2.05, 4.69) is 42.6 Å². The van der Waals surface area contributed by atoms with E-state index in [1.165, 1.54) is 11.1 Å². The molecule has 3 aromatic carbocycles. The zero-order valence-electron chi connectivity index (χ0n) is 23.0. The van der Waals surface area contributed by atoms with Crippen LogP contribution in [-0.4, -0.2) is 37.7 Å². The van der Waals surface area contributed by atoms with Crippen molar-refractivity contribution in [3.8, 4) is 6.07 Å². The Labute approximate surface area is 223 Å². The molecule has 5 nitrogen and oxygen atoms in total. The first-order chi connectivity index (χ1) is 18.0. The molecule has 0 unspecified atom stereocenters. The summed E-state index contributed by atoms with van der Waals surface area (Å²) in [4.78, 5) is 22.8. The monoisotopic (exact) mass is 499 g/mol. The fraction of sp³-hybridized carbons (Fsp3) is 0.344. The van der Waals surface area contributed by atoms with E-state index in [9.17, 15) is 4.79 Å². The summed E-state index contributed by atoms with van der Waals surface area (Å²) in [5.74, 6) is 0.578. The Morgan fingerprint density at radius 2 is 1.59 bits per heavy atom. The molecule has 0 spiro atoms. The molecule has 1 heterocycles. The maximum absolute atomic E-state index is 12.9. The number of nitrogens with zero attached hydrogens (tertiary/aromatic N) is 2. The average molecular weight is 500 g/mol. The van der Waals surface area contributed by atoms with E-state index in [1.54, 1.807) is 0 Å². The van der Waals surface area contributed by atoms with Gasteiger partial charge in [0.1, 0.15) is 6.79 Å². The molecule has 0 aromatic heterocycles. The van der Waals surface area contributed by atoms with Crippen molar-refractivity contribution in [1.82, 2.24) is 4.90 Å². The number of hydrogen-bond donors (Lipinski definition) is 1. The van der Waals surface area contributed by atoms with Gasteiger partial charge in [-0.05, 0) is 73.1 Å². The first-order valence-electron chi connectivity index (χ1n) is 13.0. The van der Waals surface area contributed by atoms with Crippen molar-refractivity contribution in [2.24, 2.45) is 0 Å². The standard InChI is InChI=1S/C21H23N3O.C8H10.C2H6.CH2O/c1-15-3-8-19(23-2)13-20(15)21(25)24-11-9-18(10-12-24)17-6-4-16(14-22)5-7-17;1-2-8-6-4-3-5-7-8;2*1-2/h3-8,13,18,23H,9-12H2,1-2H3;3-7H,2H2,1H3;1-2H3;1H2. The van der Waals surface area contributed by atoms with Gasteiger partial charge in [0.2, 0.25) is 0 Å². The summed E-state index contributed by atoms with van der Waals surface area (Å²) in [6.45, 7) is 11.7. The minimum atomic E-state index is 0.118. The number of piperidine rings is 1. The van der Waals surface area contributed by atoms with Crippen molar-refractivity contribution in [2.75, 3.05) is 25.5 Å². The normalized spacial score (nSPS) is 12.3. The molecule has 4 rings (SSSR count). The van der Waals surface area contributed by atoms with Gasteiger partial charge >= 0.3 is 0 Å². The maximum atomic E-state index is 12.9. The van der Waals surface area contributed by atoms with E-state index < -0.39 is 0 Å². The summed E-state index contributed by atoms with van der Waals surface area (Å²) >= 11 is 0. The van der Waals surface area contributed by atoms with Crippen LogP contribution in [0.15, 0.2) is 72.8 Å². The number of anilines is 1. The molecule has 1 aliphatic rings. The van der Waals surface area contributed by atoms with Crippen molar-refractivity contribution < 1.29 is 9.59 Å². The highest BCUT2D eigenvalue weighted by Gasteiger charge is 2.25. The van der Waals surface area contributed by atoms with Crippen LogP contribution in [0.5, 0.6) is 0 Å². The Bertz CT molecular complexity index is 1100. The van der Waals surface area contributed by atoms with Gasteiger partial charge in [-0.2, -0.15) is 5.26 Å². The molecular weight excluding hydrogens is 458 g/mol. The number of nitrogens with one attached hydrogen (secondary N) is 1. The number of carbonyl (C=O) groups is 2. The van der Waals surface area contributed by atoms with Gasteiger partial charge in [-0.3, -0.25) is 4.79 Å². The van der Waals surface area contributed by atoms with Crippen molar-refractivity contribution >= 4 is 18.4 Å². The van der Waals surface area contributed by atoms with E-state index in [0.717, 1.165) is 49.2 Å². The van der Waals surface area contributed by atoms with E-state index >= 15 is 0 Å². The van der Waals surface area contributed by atoms with Crippen molar-refractivity contribution in [3.63, 3.8) is 0 Å². The predicted molar refractivity (Wildman–Crippen MR) is 154 cm³/mol. The van der Waals surface area contributed by atoms with Crippen LogP contribution in [0.4, 0.5) is 5.69 Å². The quantitative estimate of drug-likeness (QED) is 0.419. The molecule has 0 bridgehead atoms. The molecular formula is C32H41N3O2. The number of benzene rings is 3. The number of carbonyl (C=O) groups excluding carboxylic acids is 2. The molecule has 0 aliphatic carbocycles. The predicted octanol–water partition coefficient (Wildman–Crippen LogP) is 7.02. The molecule has 1 amide bonds. The lowest BCUT2D eigenvalue weighted by atomic mass is 9.88. The molecule has 3 aromatic rings. The first kappa shape index (κ1) is 31.1. The summed E-state index contributed by atoms with van der Waals surface area (Å²) in [7, 11) is 1.86. The molecule has 1 aliphatic heterocycles. The molecule has 1 fully saturated rings. The smallest absolute Gasteiger partial charge is 0.254 e. The van der Waals surface area contributed by atoms with Gasteiger partial charge < -0.3 is 15.0 Å². The summed E-state index contributed by atoms with van der Waals surface area (Å²) < 4.78 is 0. The Hall–Kier alpha value is -3.91. The second kappa shape index (κ2) is 17.5. The molecule has 37 heavy (non-hydrogen) atoms. The SMILES string of the molecule is C=O.CC.CCc1ccccc1.CNc1ccc(C)c(C(=O)N2CCC(c3ccc(C#N)cc3)CC2)c1. The van der Waals surface area contributed by atoms with Crippen LogP contribution in [0, 0.1) is 18.3 Å². The third-order valence-electron chi connectivity index (χ3n) is 6.30. The van der Waals surface area contributed by atoms with Gasteiger partial charge in [-0.1, -0.05) is 69.3 Å². The van der Waals surface area contributed by atoms with E-state index in [1.807, 2.05) is 88.0 Å². The minimum Gasteiger partial charge on any atom is -0.388 e. The third kappa shape index (κ3) is 9.57. The van der Waals surface area contributed by atoms with Crippen molar-refractivity contribution in [3.05, 3.63) is 101 Å². The van der Waals surface area contributed by atoms with Crippen molar-refractivity contribution in [2.45, 2.75) is 52.9 Å². The Kier molecular flexibility index (Phi) is 14.7. The number of hydrogen-bond acceptors (Lipinski definition) is 4. The third-order valence-corrected chi connectivity index (χ3v) is 6.30. The Morgan fingerprint density at radius 3 is 2.08 bits per heavy atom. The topological polar surface area (TPSA) is 73.2 Å². The highest BCUT2D eigenvalue weighted by Crippen LogP contribution is 2.29. The van der Waals surface area contributed by atoms with E-state index in [-0.39, 0.29) is 5.91 Å². The average Bonchev–Trinajstić information content (AvgIpc) is 3.00. The van der Waals surface area contributed by atoms with Crippen LogP contribution < -0.4 is 5.32 Å². The lowest BCUT2D eigenvalue weighted by Gasteiger charge is -2.32. The number of amides is 1. The van der Waals surface area contributed by atoms with Gasteiger partial charge in [-0.25, -0.2) is 0 Å². The minimum absolute atomic E-state index is 0.118. The number of nitriles is 1. The molecule has 1 saturated heterocycles. The van der Waals surface area contributed by atoms with Crippen LogP contribution in [0.3, 0.4) is 0 Å².